The van der Waals surface area contributed by atoms with E-state index in [1.54, 1.807) is 0.804 Å². The summed E-state index contributed by atoms with van der Waals surface area (Å²) >= 11 is -2.78. The standard InChI is InChI=1S/C14H10N2.C5H9.K.U.V/c1-14(2,3)7-6-12-8-11(9-15)4-5-13(12)10-16;1-5(2,3)4;;;/h6H,1-3H3;1-3H3;;;. The van der Waals surface area contributed by atoms with Gasteiger partial charge < -0.3 is 0 Å². The third-order valence-electron chi connectivity index (χ3n) is 5.24. The Morgan fingerprint density at radius 2 is 1.62 bits per heavy atom. The third-order valence-corrected chi connectivity index (χ3v) is 25.9. The van der Waals surface area contributed by atoms with Crippen LogP contribution in [0.2, 0.25) is 0 Å². The van der Waals surface area contributed by atoms with E-state index in [9.17, 15) is 10.5 Å². The molecule has 3 rings (SSSR count). The number of hydrogen-bond donors (Lipinski definition) is 0. The molecule has 1 aromatic carbocycles. The van der Waals surface area contributed by atoms with Crippen LogP contribution >= 0.6 is 0 Å². The van der Waals surface area contributed by atoms with Crippen LogP contribution in [0.15, 0.2) is 0 Å². The number of hydrogen-bond acceptors (Lipinski definition) is 2. The van der Waals surface area contributed by atoms with Crippen LogP contribution in [-0.4, -0.2) is 46.8 Å². The third kappa shape index (κ3) is 3.45. The van der Waals surface area contributed by atoms with Crippen LogP contribution in [-0.2, 0) is 15.8 Å². The molecular formula is C19H19KN2UV. The molecular weight excluding hydrogens is 584 g/mol. The van der Waals surface area contributed by atoms with Crippen molar-refractivity contribution >= 4 is 55.1 Å². The van der Waals surface area contributed by atoms with Crippen molar-refractivity contribution in [3.05, 3.63) is 20.2 Å². The van der Waals surface area contributed by atoms with Crippen LogP contribution in [0.4, 0.5) is 0 Å². The van der Waals surface area contributed by atoms with E-state index in [1.807, 2.05) is 0 Å². The van der Waals surface area contributed by atoms with Crippen molar-refractivity contribution < 1.29 is 43.1 Å². The van der Waals surface area contributed by atoms with Crippen molar-refractivity contribution in [2.45, 2.75) is 41.5 Å². The Bertz CT molecular complexity index is 950. The molecule has 2 nitrogen and oxygen atoms in total. The SMILES string of the molecule is CC(C)(C)[C]1=[K][c]2c(C#N)[c]3[c](c(C#N)c2=C1)[U]=[C](C(C)(C)C)[V]=3. The number of nitriles is 2. The fraction of sp³-hybridized carbons (Fsp3) is 0.421. The van der Waals surface area contributed by atoms with Gasteiger partial charge in [-0.25, -0.2) is 0 Å². The van der Waals surface area contributed by atoms with E-state index in [1.165, 1.54) is 11.3 Å². The summed E-state index contributed by atoms with van der Waals surface area (Å²) in [6, 6.07) is 5.14. The first-order valence-electron chi connectivity index (χ1n) is 8.47. The van der Waals surface area contributed by atoms with Gasteiger partial charge in [0.25, 0.3) is 0 Å². The van der Waals surface area contributed by atoms with Gasteiger partial charge in [-0.05, 0) is 0 Å². The van der Waals surface area contributed by atoms with Gasteiger partial charge in [0.1, 0.15) is 0 Å². The van der Waals surface area contributed by atoms with E-state index < -0.39 is 73.2 Å². The number of rotatable bonds is 0. The molecule has 2 aliphatic heterocycles. The summed E-state index contributed by atoms with van der Waals surface area (Å²) in [5, 5.41) is 21.0. The first kappa shape index (κ1) is 19.8. The Labute approximate surface area is 189 Å². The molecule has 0 amide bonds. The van der Waals surface area contributed by atoms with Crippen LogP contribution in [0.25, 0.3) is 6.08 Å². The Kier molecular flexibility index (Phi) is 5.71. The Balaban J connectivity index is 2.41. The summed E-state index contributed by atoms with van der Waals surface area (Å²) in [7, 11) is 0. The van der Waals surface area contributed by atoms with Gasteiger partial charge in [0.15, 0.2) is 0 Å². The van der Waals surface area contributed by atoms with Crippen LogP contribution in [0.5, 0.6) is 0 Å². The van der Waals surface area contributed by atoms with E-state index in [0.717, 1.165) is 11.1 Å². The van der Waals surface area contributed by atoms with Gasteiger partial charge in [0, 0.05) is 0 Å². The van der Waals surface area contributed by atoms with E-state index in [-0.39, 0.29) is 26.7 Å². The van der Waals surface area contributed by atoms with Gasteiger partial charge in [0.05, 0.1) is 0 Å². The molecule has 0 bridgehead atoms. The molecule has 2 heterocycles. The Morgan fingerprint density at radius 3 is 2.12 bits per heavy atom. The zero-order chi connectivity index (χ0) is 17.9. The van der Waals surface area contributed by atoms with Crippen LogP contribution in [0.1, 0.15) is 52.7 Å². The molecule has 1 aromatic rings. The van der Waals surface area contributed by atoms with Crippen molar-refractivity contribution in [3.63, 3.8) is 0 Å². The molecule has 2 aliphatic rings. The van der Waals surface area contributed by atoms with Gasteiger partial charge in [-0.3, -0.25) is 0 Å². The maximum atomic E-state index is 9.92. The summed E-state index contributed by atoms with van der Waals surface area (Å²) in [5.74, 6) is 0. The van der Waals surface area contributed by atoms with Crippen molar-refractivity contribution in [3.8, 4) is 12.1 Å². The number of fused-ring (bicyclic) bond motifs is 2. The van der Waals surface area contributed by atoms with Crippen LogP contribution in [0.3, 0.4) is 0 Å². The second-order valence-corrected chi connectivity index (χ2v) is 22.7. The monoisotopic (exact) mass is 603 g/mol. The molecule has 0 saturated carbocycles. The average molecular weight is 603 g/mol. The summed E-state index contributed by atoms with van der Waals surface area (Å²) in [6.45, 7) is 13.7. The molecule has 115 valence electrons. The predicted octanol–water partition coefficient (Wildman–Crippen LogP) is 1.01. The summed E-state index contributed by atoms with van der Waals surface area (Å²) in [6.07, 6.45) is 2.31. The molecule has 0 atom stereocenters. The quantitative estimate of drug-likeness (QED) is 0.416. The van der Waals surface area contributed by atoms with Crippen molar-refractivity contribution in [1.82, 2.24) is 0 Å². The minimum absolute atomic E-state index is 0.0165. The van der Waals surface area contributed by atoms with E-state index >= 15 is 0 Å². The zero-order valence-electron chi connectivity index (χ0n) is 15.4. The van der Waals surface area contributed by atoms with Gasteiger partial charge in [-0.15, -0.1) is 0 Å². The van der Waals surface area contributed by atoms with Gasteiger partial charge in [-0.1, -0.05) is 0 Å². The second kappa shape index (κ2) is 6.91. The molecule has 0 unspecified atom stereocenters. The molecule has 24 heavy (non-hydrogen) atoms. The fourth-order valence-electron chi connectivity index (χ4n) is 3.57. The van der Waals surface area contributed by atoms with Crippen molar-refractivity contribution in [2.75, 3.05) is 0 Å². The van der Waals surface area contributed by atoms with Gasteiger partial charge >= 0.3 is 193 Å². The Hall–Kier alpha value is 1.08. The summed E-state index contributed by atoms with van der Waals surface area (Å²) in [5.41, 5.74) is 2.44. The van der Waals surface area contributed by atoms with E-state index in [4.69, 9.17) is 0 Å². The number of nitrogens with zero attached hydrogens (tertiary/aromatic N) is 2. The minimum atomic E-state index is -1.46. The zero-order valence-corrected chi connectivity index (χ0v) is 24.1. The molecule has 0 spiro atoms. The molecule has 5 heteroatoms. The second-order valence-electron chi connectivity index (χ2n) is 8.90. The molecule has 0 fully saturated rings. The number of benzene rings is 1. The van der Waals surface area contributed by atoms with Crippen molar-refractivity contribution in [2.24, 2.45) is 10.8 Å². The normalized spacial score (nSPS) is 15.0. The molecule has 0 aliphatic carbocycles. The van der Waals surface area contributed by atoms with Crippen LogP contribution in [0, 0.1) is 64.6 Å². The Morgan fingerprint density at radius 1 is 1.00 bits per heavy atom. The summed E-state index contributed by atoms with van der Waals surface area (Å²) < 4.78 is 7.41. The topological polar surface area (TPSA) is 47.6 Å². The molecule has 0 aromatic heterocycles. The first-order chi connectivity index (χ1) is 11.1. The predicted molar refractivity (Wildman–Crippen MR) is 92.7 cm³/mol. The average Bonchev–Trinajstić information content (AvgIpc) is 3.07. The van der Waals surface area contributed by atoms with Gasteiger partial charge in [-0.2, -0.15) is 0 Å². The van der Waals surface area contributed by atoms with Gasteiger partial charge in [0.2, 0.25) is 0 Å². The molecule has 4 radical (unpaired) electrons. The van der Waals surface area contributed by atoms with E-state index in [0.29, 0.717) is 0 Å². The maximum absolute atomic E-state index is 9.92. The van der Waals surface area contributed by atoms with E-state index in [2.05, 4.69) is 59.8 Å². The first-order valence-corrected chi connectivity index (χ1v) is 17.2. The van der Waals surface area contributed by atoms with Crippen LogP contribution < -0.4 is 7.47 Å². The van der Waals surface area contributed by atoms with Crippen molar-refractivity contribution in [1.29, 1.82) is 10.5 Å². The molecule has 0 saturated heterocycles. The summed E-state index contributed by atoms with van der Waals surface area (Å²) in [4.78, 5) is 0. The fourth-order valence-corrected chi connectivity index (χ4v) is 21.8. The molecule has 0 N–H and O–H groups in total.